The fourth-order valence-corrected chi connectivity index (χ4v) is 4.13. The summed E-state index contributed by atoms with van der Waals surface area (Å²) < 4.78 is 6.04. The average Bonchev–Trinajstić information content (AvgIpc) is 3.58. The van der Waals surface area contributed by atoms with Crippen molar-refractivity contribution in [2.24, 2.45) is 11.7 Å². The van der Waals surface area contributed by atoms with E-state index in [9.17, 15) is 10.1 Å². The second-order valence-corrected chi connectivity index (χ2v) is 9.09. The normalized spacial score (nSPS) is 14.9. The van der Waals surface area contributed by atoms with Gasteiger partial charge in [0.25, 0.3) is 0 Å². The molecule has 168 valence electrons. The number of hydrogen-bond donors (Lipinski definition) is 1. The molecule has 1 saturated carbocycles. The van der Waals surface area contributed by atoms with Crippen LogP contribution in [0.25, 0.3) is 22.6 Å². The molecule has 5 rings (SSSR count). The number of hydrogen-bond acceptors (Lipinski definition) is 6. The second-order valence-electron chi connectivity index (χ2n) is 9.09. The summed E-state index contributed by atoms with van der Waals surface area (Å²) >= 11 is 0. The third-order valence-corrected chi connectivity index (χ3v) is 6.10. The smallest absolute Gasteiger partial charge is 0.247 e. The van der Waals surface area contributed by atoms with Crippen LogP contribution in [0.1, 0.15) is 47.1 Å². The number of benzene rings is 3. The van der Waals surface area contributed by atoms with Gasteiger partial charge in [-0.15, -0.1) is 10.2 Å². The molecule has 3 aromatic carbocycles. The molecule has 2 N–H and O–H groups in total. The van der Waals surface area contributed by atoms with Gasteiger partial charge >= 0.3 is 0 Å². The van der Waals surface area contributed by atoms with E-state index in [1.807, 2.05) is 67.6 Å². The second kappa shape index (κ2) is 8.69. The van der Waals surface area contributed by atoms with Crippen molar-refractivity contribution in [2.45, 2.75) is 31.7 Å². The van der Waals surface area contributed by atoms with Gasteiger partial charge in [-0.05, 0) is 67.1 Å². The lowest BCUT2D eigenvalue weighted by Crippen LogP contribution is -2.35. The zero-order valence-corrected chi connectivity index (χ0v) is 18.9. The third-order valence-electron chi connectivity index (χ3n) is 6.10. The van der Waals surface area contributed by atoms with Crippen LogP contribution in [0.15, 0.2) is 77.2 Å². The molecule has 0 unspecified atom stereocenters. The van der Waals surface area contributed by atoms with Crippen LogP contribution >= 0.6 is 0 Å². The number of Topliss-reactive ketones (excluding diaryl/α,β-unsaturated/α-hetero) is 1. The van der Waals surface area contributed by atoms with Crippen LogP contribution < -0.4 is 5.73 Å². The third kappa shape index (κ3) is 4.39. The van der Waals surface area contributed by atoms with Gasteiger partial charge in [-0.2, -0.15) is 5.26 Å². The van der Waals surface area contributed by atoms with Gasteiger partial charge in [0.1, 0.15) is 0 Å². The summed E-state index contributed by atoms with van der Waals surface area (Å²) in [7, 11) is 0. The van der Waals surface area contributed by atoms with E-state index in [0.29, 0.717) is 34.9 Å². The van der Waals surface area contributed by atoms with Gasteiger partial charge in [0, 0.05) is 17.0 Å². The minimum atomic E-state index is -0.857. The average molecular weight is 449 g/mol. The highest BCUT2D eigenvalue weighted by molar-refractivity contribution is 6.01. The molecule has 4 aromatic rings. The zero-order chi connectivity index (χ0) is 23.7. The van der Waals surface area contributed by atoms with Crippen LogP contribution in [0.4, 0.5) is 0 Å². The van der Waals surface area contributed by atoms with Gasteiger partial charge < -0.3 is 10.2 Å². The molecular weight excluding hydrogens is 424 g/mol. The first-order valence-corrected chi connectivity index (χ1v) is 11.3. The van der Waals surface area contributed by atoms with Gasteiger partial charge in [0.15, 0.2) is 5.78 Å². The monoisotopic (exact) mass is 448 g/mol. The Labute approximate surface area is 198 Å². The number of nitriles is 1. The molecule has 1 aromatic heterocycles. The van der Waals surface area contributed by atoms with E-state index in [1.165, 1.54) is 0 Å². The van der Waals surface area contributed by atoms with Crippen LogP contribution in [0.2, 0.25) is 0 Å². The SMILES string of the molecule is C[C@@](N)(Cc1ccccc1)c1nnc(-c2cc(C(=O)C3CC3)cc(-c3ccccc3C#N)c2)o1. The molecule has 1 atom stereocenters. The summed E-state index contributed by atoms with van der Waals surface area (Å²) in [6.07, 6.45) is 2.35. The Morgan fingerprint density at radius 1 is 1.06 bits per heavy atom. The Bertz CT molecular complexity index is 1400. The first-order valence-electron chi connectivity index (χ1n) is 11.3. The van der Waals surface area contributed by atoms with Crippen LogP contribution in [0.5, 0.6) is 0 Å². The van der Waals surface area contributed by atoms with Crippen molar-refractivity contribution in [3.63, 3.8) is 0 Å². The molecule has 0 amide bonds. The maximum Gasteiger partial charge on any atom is 0.247 e. The molecule has 0 aliphatic heterocycles. The highest BCUT2D eigenvalue weighted by Gasteiger charge is 2.32. The summed E-state index contributed by atoms with van der Waals surface area (Å²) in [4.78, 5) is 12.9. The van der Waals surface area contributed by atoms with E-state index in [1.54, 1.807) is 12.1 Å². The Morgan fingerprint density at radius 2 is 1.76 bits per heavy atom. The zero-order valence-electron chi connectivity index (χ0n) is 18.9. The molecule has 0 saturated heterocycles. The maximum atomic E-state index is 12.9. The van der Waals surface area contributed by atoms with Crippen LogP contribution in [-0.2, 0) is 12.0 Å². The van der Waals surface area contributed by atoms with Gasteiger partial charge in [-0.25, -0.2) is 0 Å². The number of ketones is 1. The van der Waals surface area contributed by atoms with E-state index in [-0.39, 0.29) is 11.7 Å². The van der Waals surface area contributed by atoms with Gasteiger partial charge in [0.2, 0.25) is 11.8 Å². The molecule has 1 heterocycles. The van der Waals surface area contributed by atoms with E-state index < -0.39 is 5.54 Å². The van der Waals surface area contributed by atoms with Crippen molar-refractivity contribution in [3.8, 4) is 28.7 Å². The lowest BCUT2D eigenvalue weighted by atomic mass is 9.94. The lowest BCUT2D eigenvalue weighted by Gasteiger charge is -2.20. The molecule has 0 radical (unpaired) electrons. The topological polar surface area (TPSA) is 106 Å². The molecule has 1 aliphatic rings. The largest absolute Gasteiger partial charge is 0.419 e. The minimum absolute atomic E-state index is 0.0609. The van der Waals surface area contributed by atoms with E-state index in [2.05, 4.69) is 16.3 Å². The van der Waals surface area contributed by atoms with Crippen LogP contribution in [0, 0.1) is 17.2 Å². The van der Waals surface area contributed by atoms with Crippen molar-refractivity contribution in [2.75, 3.05) is 0 Å². The van der Waals surface area contributed by atoms with Crippen molar-refractivity contribution in [1.82, 2.24) is 10.2 Å². The Kier molecular flexibility index (Phi) is 5.56. The van der Waals surface area contributed by atoms with Crippen LogP contribution in [-0.4, -0.2) is 16.0 Å². The van der Waals surface area contributed by atoms with Crippen molar-refractivity contribution < 1.29 is 9.21 Å². The van der Waals surface area contributed by atoms with Crippen molar-refractivity contribution in [1.29, 1.82) is 5.26 Å². The molecule has 6 heteroatoms. The minimum Gasteiger partial charge on any atom is -0.419 e. The fraction of sp³-hybridized carbons (Fsp3) is 0.214. The molecule has 1 fully saturated rings. The molecule has 6 nitrogen and oxygen atoms in total. The standard InChI is InChI=1S/C28H24N4O2/c1-28(30,16-18-7-3-2-4-8-18)27-32-31-26(34-27)23-14-21(24-10-6-5-9-20(24)17-29)13-22(15-23)25(33)19-11-12-19/h2-10,13-15,19H,11-12,16,30H2,1H3/t28-/m1/s1. The first-order chi connectivity index (χ1) is 16.4. The van der Waals surface area contributed by atoms with Crippen molar-refractivity contribution >= 4 is 5.78 Å². The number of aromatic nitrogens is 2. The van der Waals surface area contributed by atoms with Gasteiger partial charge in [-0.1, -0.05) is 48.5 Å². The number of carbonyl (C=O) groups is 1. The number of rotatable bonds is 7. The van der Waals surface area contributed by atoms with Crippen LogP contribution in [0.3, 0.4) is 0 Å². The first kappa shape index (κ1) is 21.7. The summed E-state index contributed by atoms with van der Waals surface area (Å²) in [5.74, 6) is 0.779. The van der Waals surface area contributed by atoms with Gasteiger partial charge in [0.05, 0.1) is 17.2 Å². The highest BCUT2D eigenvalue weighted by atomic mass is 16.4. The summed E-state index contributed by atoms with van der Waals surface area (Å²) in [5, 5.41) is 18.1. The molecule has 0 spiro atoms. The highest BCUT2D eigenvalue weighted by Crippen LogP contribution is 2.36. The maximum absolute atomic E-state index is 12.9. The molecule has 34 heavy (non-hydrogen) atoms. The summed E-state index contributed by atoms with van der Waals surface area (Å²) in [6, 6.07) is 25.0. The Morgan fingerprint density at radius 3 is 2.50 bits per heavy atom. The van der Waals surface area contributed by atoms with E-state index in [4.69, 9.17) is 10.2 Å². The fourth-order valence-electron chi connectivity index (χ4n) is 4.13. The Hall–Kier alpha value is -4.08. The Balaban J connectivity index is 1.55. The summed E-state index contributed by atoms with van der Waals surface area (Å²) in [6.45, 7) is 1.86. The molecule has 0 bridgehead atoms. The number of nitrogens with two attached hydrogens (primary N) is 1. The predicted octanol–water partition coefficient (Wildman–Crippen LogP) is 5.28. The quantitative estimate of drug-likeness (QED) is 0.385. The van der Waals surface area contributed by atoms with E-state index in [0.717, 1.165) is 29.5 Å². The predicted molar refractivity (Wildman–Crippen MR) is 129 cm³/mol. The number of nitrogens with zero attached hydrogens (tertiary/aromatic N) is 3. The van der Waals surface area contributed by atoms with Crippen molar-refractivity contribution in [3.05, 3.63) is 95.4 Å². The van der Waals surface area contributed by atoms with E-state index >= 15 is 0 Å². The van der Waals surface area contributed by atoms with Gasteiger partial charge in [-0.3, -0.25) is 4.79 Å². The molecule has 1 aliphatic carbocycles. The number of carbonyl (C=O) groups excluding carboxylic acids is 1. The lowest BCUT2D eigenvalue weighted by molar-refractivity contribution is 0.0967. The molecular formula is C28H24N4O2. The summed E-state index contributed by atoms with van der Waals surface area (Å²) in [5.41, 5.74) is 10.0.